The molecular weight excluding hydrogens is 182 g/mol. The first-order chi connectivity index (χ1) is 6.63. The number of carboxylic acids is 1. The summed E-state index contributed by atoms with van der Waals surface area (Å²) in [6, 6.07) is 6.46. The third kappa shape index (κ3) is 2.74. The molecule has 0 amide bonds. The molecule has 0 aliphatic rings. The fraction of sp³-hybridized carbons (Fsp3) is 0.300. The zero-order valence-corrected chi connectivity index (χ0v) is 7.77. The van der Waals surface area contributed by atoms with Gasteiger partial charge in [-0.1, -0.05) is 12.1 Å². The van der Waals surface area contributed by atoms with Gasteiger partial charge >= 0.3 is 0 Å². The highest BCUT2D eigenvalue weighted by Gasteiger charge is 2.10. The number of aliphatic carboxylic acids is 1. The molecule has 76 valence electrons. The number of hydrogen-bond acceptors (Lipinski definition) is 3. The topological polar surface area (TPSA) is 88.0 Å². The van der Waals surface area contributed by atoms with Gasteiger partial charge in [-0.25, -0.2) is 0 Å². The monoisotopic (exact) mass is 195 g/mol. The summed E-state index contributed by atoms with van der Waals surface area (Å²) < 4.78 is 0. The van der Waals surface area contributed by atoms with Crippen molar-refractivity contribution in [2.45, 2.75) is 6.42 Å². The van der Waals surface area contributed by atoms with Gasteiger partial charge in [0, 0.05) is 0 Å². The Morgan fingerprint density at radius 1 is 1.43 bits per heavy atom. The Kier molecular flexibility index (Phi) is 3.48. The number of quaternary nitrogens is 1. The minimum Gasteiger partial charge on any atom is -0.550 e. The molecule has 0 bridgehead atoms. The largest absolute Gasteiger partial charge is 0.550 e. The fourth-order valence-electron chi connectivity index (χ4n) is 1.22. The highest BCUT2D eigenvalue weighted by Crippen LogP contribution is 2.12. The van der Waals surface area contributed by atoms with E-state index in [9.17, 15) is 9.90 Å². The summed E-state index contributed by atoms with van der Waals surface area (Å²) >= 11 is 0. The maximum atomic E-state index is 10.6. The first-order valence-electron chi connectivity index (χ1n) is 4.41. The van der Waals surface area contributed by atoms with Gasteiger partial charge in [0.05, 0.1) is 18.4 Å². The lowest BCUT2D eigenvalue weighted by Crippen LogP contribution is -2.57. The first kappa shape index (κ1) is 10.5. The zero-order chi connectivity index (χ0) is 10.6. The molecule has 1 aromatic rings. The lowest BCUT2D eigenvalue weighted by Gasteiger charge is -2.13. The van der Waals surface area contributed by atoms with Crippen molar-refractivity contribution in [3.8, 4) is 5.75 Å². The number of carboxylic acid groups (broad SMARTS) is 1. The highest BCUT2D eigenvalue weighted by atomic mass is 16.4. The van der Waals surface area contributed by atoms with Crippen molar-refractivity contribution in [3.05, 3.63) is 29.8 Å². The smallest absolute Gasteiger partial charge is 0.115 e. The van der Waals surface area contributed by atoms with Crippen molar-refractivity contribution in [1.82, 2.24) is 0 Å². The molecule has 4 nitrogen and oxygen atoms in total. The van der Waals surface area contributed by atoms with Gasteiger partial charge in [-0.3, -0.25) is 0 Å². The first-order valence-corrected chi connectivity index (χ1v) is 4.41. The normalized spacial score (nSPS) is 12.4. The molecule has 0 saturated heterocycles. The number of phenolic OH excluding ortho intramolecular Hbond substituents is 1. The number of hydrogen-bond donors (Lipinski definition) is 2. The van der Waals surface area contributed by atoms with Gasteiger partial charge in [0.25, 0.3) is 0 Å². The number of benzene rings is 1. The molecule has 0 aromatic heterocycles. The van der Waals surface area contributed by atoms with Crippen LogP contribution in [0.15, 0.2) is 24.3 Å². The molecule has 0 fully saturated rings. The van der Waals surface area contributed by atoms with Gasteiger partial charge < -0.3 is 20.7 Å². The van der Waals surface area contributed by atoms with Gasteiger partial charge in [-0.05, 0) is 24.1 Å². The lowest BCUT2D eigenvalue weighted by molar-refractivity contribution is -0.387. The summed E-state index contributed by atoms with van der Waals surface area (Å²) in [6.45, 7) is 0.309. The second-order valence-electron chi connectivity index (χ2n) is 3.18. The van der Waals surface area contributed by atoms with Crippen molar-refractivity contribution in [1.29, 1.82) is 0 Å². The fourth-order valence-corrected chi connectivity index (χ4v) is 1.22. The van der Waals surface area contributed by atoms with E-state index in [1.807, 2.05) is 0 Å². The van der Waals surface area contributed by atoms with E-state index >= 15 is 0 Å². The second-order valence-corrected chi connectivity index (χ2v) is 3.18. The van der Waals surface area contributed by atoms with Gasteiger partial charge in [0.1, 0.15) is 5.75 Å². The molecule has 0 unspecified atom stereocenters. The Balaban J connectivity index is 2.67. The van der Waals surface area contributed by atoms with Crippen molar-refractivity contribution in [2.24, 2.45) is 5.92 Å². The van der Waals surface area contributed by atoms with E-state index in [2.05, 4.69) is 5.73 Å². The quantitative estimate of drug-likeness (QED) is 0.615. The lowest BCUT2D eigenvalue weighted by atomic mass is 10.00. The van der Waals surface area contributed by atoms with E-state index in [0.29, 0.717) is 13.0 Å². The number of rotatable bonds is 4. The Morgan fingerprint density at radius 3 is 2.43 bits per heavy atom. The van der Waals surface area contributed by atoms with Crippen molar-refractivity contribution in [3.63, 3.8) is 0 Å². The molecule has 1 aromatic carbocycles. The molecule has 1 rings (SSSR count). The molecule has 0 spiro atoms. The molecule has 4 N–H and O–H groups in total. The summed E-state index contributed by atoms with van der Waals surface area (Å²) in [5, 5.41) is 19.6. The number of phenols is 1. The maximum absolute atomic E-state index is 10.6. The number of carbonyl (C=O) groups is 1. The van der Waals surface area contributed by atoms with Gasteiger partial charge in [-0.2, -0.15) is 0 Å². The molecule has 0 saturated carbocycles. The van der Waals surface area contributed by atoms with Crippen LogP contribution in [0.5, 0.6) is 5.75 Å². The third-order valence-electron chi connectivity index (χ3n) is 2.10. The van der Waals surface area contributed by atoms with E-state index in [1.54, 1.807) is 12.1 Å². The zero-order valence-electron chi connectivity index (χ0n) is 7.77. The highest BCUT2D eigenvalue weighted by molar-refractivity contribution is 5.68. The number of carbonyl (C=O) groups excluding carboxylic acids is 1. The molecule has 4 heteroatoms. The average Bonchev–Trinajstić information content (AvgIpc) is 2.16. The Labute approximate surface area is 82.0 Å². The second kappa shape index (κ2) is 4.62. The van der Waals surface area contributed by atoms with E-state index < -0.39 is 11.9 Å². The van der Waals surface area contributed by atoms with E-state index in [0.717, 1.165) is 5.56 Å². The summed E-state index contributed by atoms with van der Waals surface area (Å²) in [5.74, 6) is -1.46. The van der Waals surface area contributed by atoms with Crippen LogP contribution < -0.4 is 10.8 Å². The molecule has 1 atom stereocenters. The van der Waals surface area contributed by atoms with Crippen LogP contribution in [0.3, 0.4) is 0 Å². The Bertz CT molecular complexity index is 308. The van der Waals surface area contributed by atoms with Crippen LogP contribution >= 0.6 is 0 Å². The van der Waals surface area contributed by atoms with Crippen molar-refractivity contribution >= 4 is 5.97 Å². The molecule has 14 heavy (non-hydrogen) atoms. The van der Waals surface area contributed by atoms with Crippen LogP contribution in [0.4, 0.5) is 0 Å². The minimum absolute atomic E-state index is 0.174. The van der Waals surface area contributed by atoms with Crippen molar-refractivity contribution in [2.75, 3.05) is 6.54 Å². The Morgan fingerprint density at radius 2 is 2.00 bits per heavy atom. The maximum Gasteiger partial charge on any atom is 0.115 e. The van der Waals surface area contributed by atoms with Crippen LogP contribution in [-0.4, -0.2) is 17.6 Å². The van der Waals surface area contributed by atoms with Gasteiger partial charge in [0.15, 0.2) is 0 Å². The summed E-state index contributed by atoms with van der Waals surface area (Å²) in [6.07, 6.45) is 0.395. The Hall–Kier alpha value is -1.55. The number of aromatic hydroxyl groups is 1. The van der Waals surface area contributed by atoms with Crippen LogP contribution in [0.1, 0.15) is 5.56 Å². The standard InChI is InChI=1S/C10H13NO3/c11-6-8(10(13)14)5-7-1-3-9(12)4-2-7/h1-4,8,12H,5-6,11H2,(H,13,14)/t8-/m0/s1. The van der Waals surface area contributed by atoms with Crippen LogP contribution in [0.25, 0.3) is 0 Å². The summed E-state index contributed by atoms with van der Waals surface area (Å²) in [4.78, 5) is 10.6. The van der Waals surface area contributed by atoms with Crippen LogP contribution in [0, 0.1) is 5.92 Å². The predicted molar refractivity (Wildman–Crippen MR) is 48.1 cm³/mol. The summed E-state index contributed by atoms with van der Waals surface area (Å²) in [5.41, 5.74) is 4.41. The molecule has 0 aliphatic carbocycles. The van der Waals surface area contributed by atoms with Gasteiger partial charge in [-0.15, -0.1) is 0 Å². The van der Waals surface area contributed by atoms with E-state index in [4.69, 9.17) is 5.11 Å². The molecule has 0 radical (unpaired) electrons. The molecule has 0 aliphatic heterocycles. The van der Waals surface area contributed by atoms with E-state index in [1.165, 1.54) is 12.1 Å². The molecular formula is C10H13NO3. The third-order valence-corrected chi connectivity index (χ3v) is 2.10. The SMILES string of the molecule is [NH3+]C[C@H](Cc1ccc(O)cc1)C(=O)[O-]. The summed E-state index contributed by atoms with van der Waals surface area (Å²) in [7, 11) is 0. The minimum atomic E-state index is -1.08. The van der Waals surface area contributed by atoms with Gasteiger partial charge in [0.2, 0.25) is 0 Å². The van der Waals surface area contributed by atoms with Crippen LogP contribution in [0.2, 0.25) is 0 Å². The molecule has 0 heterocycles. The predicted octanol–water partition coefficient (Wildman–Crippen LogP) is -1.46. The average molecular weight is 195 g/mol. The van der Waals surface area contributed by atoms with E-state index in [-0.39, 0.29) is 5.75 Å². The van der Waals surface area contributed by atoms with Crippen molar-refractivity contribution < 1.29 is 20.7 Å². The van der Waals surface area contributed by atoms with Crippen LogP contribution in [-0.2, 0) is 11.2 Å².